The van der Waals surface area contributed by atoms with Crippen molar-refractivity contribution in [1.82, 2.24) is 4.98 Å². The summed E-state index contributed by atoms with van der Waals surface area (Å²) in [7, 11) is 0. The van der Waals surface area contributed by atoms with E-state index in [1.165, 1.54) is 6.92 Å². The van der Waals surface area contributed by atoms with Crippen molar-refractivity contribution < 1.29 is 14.3 Å². The number of carbonyl (C=O) groups is 2. The van der Waals surface area contributed by atoms with Crippen molar-refractivity contribution in [3.05, 3.63) is 63.4 Å². The van der Waals surface area contributed by atoms with Crippen LogP contribution in [-0.4, -0.2) is 23.0 Å². The fourth-order valence-corrected chi connectivity index (χ4v) is 3.03. The van der Waals surface area contributed by atoms with Crippen LogP contribution >= 0.6 is 34.8 Å². The molecule has 1 amide bonds. The zero-order valence-corrected chi connectivity index (χ0v) is 16.8. The number of amides is 1. The number of carbonyl (C=O) groups excluding carboxylic acids is 2. The highest BCUT2D eigenvalue weighted by atomic mass is 35.5. The van der Waals surface area contributed by atoms with Crippen LogP contribution in [0.5, 0.6) is 0 Å². The van der Waals surface area contributed by atoms with Gasteiger partial charge in [0.05, 0.1) is 10.7 Å². The minimum absolute atomic E-state index is 0.0645. The van der Waals surface area contributed by atoms with Crippen molar-refractivity contribution in [3.63, 3.8) is 0 Å². The third-order valence-corrected chi connectivity index (χ3v) is 5.07. The van der Waals surface area contributed by atoms with Gasteiger partial charge in [-0.05, 0) is 29.8 Å². The van der Waals surface area contributed by atoms with Crippen molar-refractivity contribution in [2.45, 2.75) is 13.0 Å². The Kier molecular flexibility index (Phi) is 5.93. The van der Waals surface area contributed by atoms with Crippen molar-refractivity contribution >= 4 is 68.8 Å². The third-order valence-electron chi connectivity index (χ3n) is 3.94. The van der Waals surface area contributed by atoms with E-state index in [9.17, 15) is 9.59 Å². The molecule has 28 heavy (non-hydrogen) atoms. The second kappa shape index (κ2) is 8.22. The number of anilines is 2. The Morgan fingerprint density at radius 3 is 2.46 bits per heavy atom. The highest BCUT2D eigenvalue weighted by Gasteiger charge is 2.25. The quantitative estimate of drug-likeness (QED) is 0.443. The Labute approximate surface area is 175 Å². The number of hydrogen-bond donors (Lipinski definition) is 2. The molecule has 3 N–H and O–H groups in total. The van der Waals surface area contributed by atoms with Crippen LogP contribution in [0.15, 0.2) is 42.5 Å². The molecular weight excluding hydrogens is 425 g/mol. The summed E-state index contributed by atoms with van der Waals surface area (Å²) in [5.74, 6) is -1.47. The Balaban J connectivity index is 1.72. The van der Waals surface area contributed by atoms with Crippen LogP contribution < -0.4 is 11.1 Å². The molecule has 3 rings (SSSR count). The number of halogens is 3. The summed E-state index contributed by atoms with van der Waals surface area (Å²) in [4.78, 5) is 28.5. The number of nitrogens with two attached hydrogens (primary N) is 1. The van der Waals surface area contributed by atoms with Gasteiger partial charge < -0.3 is 15.8 Å². The maximum Gasteiger partial charge on any atom is 0.359 e. The number of aromatic nitrogens is 1. The largest absolute Gasteiger partial charge is 0.448 e. The molecule has 0 aliphatic carbocycles. The first-order valence-corrected chi connectivity index (χ1v) is 9.22. The second-order valence-corrected chi connectivity index (χ2v) is 7.01. The molecule has 6 nitrogen and oxygen atoms in total. The average molecular weight is 439 g/mol. The number of nitrogens with zero attached hydrogens (tertiary/aromatic N) is 1. The molecule has 1 atom stereocenters. The maximum atomic E-state index is 12.4. The predicted octanol–water partition coefficient (Wildman–Crippen LogP) is 4.96. The molecule has 3 aromatic rings. The van der Waals surface area contributed by atoms with Crippen LogP contribution in [0.1, 0.15) is 17.4 Å². The van der Waals surface area contributed by atoms with E-state index in [1.807, 2.05) is 36.4 Å². The minimum atomic E-state index is -1.12. The topological polar surface area (TPSA) is 94.3 Å². The lowest BCUT2D eigenvalue weighted by molar-refractivity contribution is -0.123. The van der Waals surface area contributed by atoms with E-state index < -0.39 is 18.0 Å². The number of hydrogen-bond acceptors (Lipinski definition) is 5. The summed E-state index contributed by atoms with van der Waals surface area (Å²) in [6, 6.07) is 13.2. The Hall–Kier alpha value is -2.54. The zero-order chi connectivity index (χ0) is 20.4. The molecule has 1 heterocycles. The Bertz CT molecular complexity index is 1090. The van der Waals surface area contributed by atoms with Crippen LogP contribution in [0, 0.1) is 0 Å². The standard InChI is InChI=1S/C19H14Cl3N3O3/c1-9(28-19(27)16-13(20)15(23)14(21)17(22)25-16)18(26)24-12-7-6-10-4-2-3-5-11(10)8-12/h2-9H,1H3,(H2,23,25)(H,24,26). The van der Waals surface area contributed by atoms with Gasteiger partial charge in [-0.25, -0.2) is 9.78 Å². The van der Waals surface area contributed by atoms with E-state index in [0.717, 1.165) is 10.8 Å². The smallest absolute Gasteiger partial charge is 0.359 e. The van der Waals surface area contributed by atoms with E-state index in [0.29, 0.717) is 5.69 Å². The molecule has 1 aromatic heterocycles. The highest BCUT2D eigenvalue weighted by molar-refractivity contribution is 6.46. The van der Waals surface area contributed by atoms with Gasteiger partial charge in [0.15, 0.2) is 17.0 Å². The van der Waals surface area contributed by atoms with Crippen molar-refractivity contribution in [3.8, 4) is 0 Å². The van der Waals surface area contributed by atoms with E-state index in [-0.39, 0.29) is 26.6 Å². The molecule has 2 aromatic carbocycles. The van der Waals surface area contributed by atoms with Gasteiger partial charge in [-0.2, -0.15) is 0 Å². The minimum Gasteiger partial charge on any atom is -0.448 e. The van der Waals surface area contributed by atoms with Gasteiger partial charge in [0.25, 0.3) is 5.91 Å². The lowest BCUT2D eigenvalue weighted by Crippen LogP contribution is -2.30. The fourth-order valence-electron chi connectivity index (χ4n) is 2.45. The number of ether oxygens (including phenoxy) is 1. The first-order chi connectivity index (χ1) is 13.3. The number of pyridine rings is 1. The molecule has 9 heteroatoms. The molecule has 0 radical (unpaired) electrons. The molecule has 144 valence electrons. The monoisotopic (exact) mass is 437 g/mol. The summed E-state index contributed by atoms with van der Waals surface area (Å²) in [6.07, 6.45) is -1.12. The summed E-state index contributed by atoms with van der Waals surface area (Å²) in [5.41, 5.74) is 5.84. The van der Waals surface area contributed by atoms with Gasteiger partial charge >= 0.3 is 5.97 Å². The molecular formula is C19H14Cl3N3O3. The van der Waals surface area contributed by atoms with Crippen LogP contribution in [0.25, 0.3) is 10.8 Å². The summed E-state index contributed by atoms with van der Waals surface area (Å²) < 4.78 is 5.13. The van der Waals surface area contributed by atoms with Crippen molar-refractivity contribution in [2.24, 2.45) is 0 Å². The fraction of sp³-hybridized carbons (Fsp3) is 0.105. The van der Waals surface area contributed by atoms with Crippen LogP contribution in [0.3, 0.4) is 0 Å². The predicted molar refractivity (Wildman–Crippen MR) is 111 cm³/mol. The van der Waals surface area contributed by atoms with Gasteiger partial charge in [-0.1, -0.05) is 65.1 Å². The Morgan fingerprint density at radius 1 is 1.07 bits per heavy atom. The van der Waals surface area contributed by atoms with Gasteiger partial charge in [-0.3, -0.25) is 4.79 Å². The highest BCUT2D eigenvalue weighted by Crippen LogP contribution is 2.34. The number of fused-ring (bicyclic) bond motifs is 1. The first kappa shape index (κ1) is 20.2. The van der Waals surface area contributed by atoms with Gasteiger partial charge in [0.1, 0.15) is 5.02 Å². The average Bonchev–Trinajstić information content (AvgIpc) is 2.68. The van der Waals surface area contributed by atoms with Crippen LogP contribution in [-0.2, 0) is 9.53 Å². The molecule has 0 saturated carbocycles. The number of benzene rings is 2. The van der Waals surface area contributed by atoms with E-state index in [1.54, 1.807) is 6.07 Å². The van der Waals surface area contributed by atoms with E-state index >= 15 is 0 Å². The molecule has 0 fully saturated rings. The summed E-state index contributed by atoms with van der Waals surface area (Å²) >= 11 is 17.6. The van der Waals surface area contributed by atoms with Crippen LogP contribution in [0.2, 0.25) is 15.2 Å². The van der Waals surface area contributed by atoms with Crippen LogP contribution in [0.4, 0.5) is 11.4 Å². The lowest BCUT2D eigenvalue weighted by Gasteiger charge is -2.15. The Morgan fingerprint density at radius 2 is 1.75 bits per heavy atom. The van der Waals surface area contributed by atoms with Gasteiger partial charge in [0, 0.05) is 5.69 Å². The molecule has 0 spiro atoms. The molecule has 0 aliphatic rings. The molecule has 0 aliphatic heterocycles. The number of rotatable bonds is 4. The van der Waals surface area contributed by atoms with Gasteiger partial charge in [0.2, 0.25) is 0 Å². The number of nitrogen functional groups attached to an aromatic ring is 1. The lowest BCUT2D eigenvalue weighted by atomic mass is 10.1. The summed E-state index contributed by atoms with van der Waals surface area (Å²) in [6.45, 7) is 1.42. The van der Waals surface area contributed by atoms with Crippen molar-refractivity contribution in [2.75, 3.05) is 11.1 Å². The molecule has 0 bridgehead atoms. The number of esters is 1. The second-order valence-electron chi connectivity index (χ2n) is 5.89. The van der Waals surface area contributed by atoms with E-state index in [4.69, 9.17) is 45.3 Å². The zero-order valence-electron chi connectivity index (χ0n) is 14.5. The maximum absolute atomic E-state index is 12.4. The normalized spacial score (nSPS) is 11.9. The SMILES string of the molecule is CC(OC(=O)c1nc(Cl)c(Cl)c(N)c1Cl)C(=O)Nc1ccc2ccccc2c1. The van der Waals surface area contributed by atoms with Gasteiger partial charge in [-0.15, -0.1) is 0 Å². The third kappa shape index (κ3) is 4.14. The van der Waals surface area contributed by atoms with E-state index in [2.05, 4.69) is 10.3 Å². The molecule has 0 saturated heterocycles. The summed E-state index contributed by atoms with van der Waals surface area (Å²) in [5, 5.41) is 4.25. The number of nitrogens with one attached hydrogen (secondary N) is 1. The molecule has 1 unspecified atom stereocenters. The first-order valence-electron chi connectivity index (χ1n) is 8.08. The van der Waals surface area contributed by atoms with Crippen molar-refractivity contribution in [1.29, 1.82) is 0 Å².